The summed E-state index contributed by atoms with van der Waals surface area (Å²) in [7, 11) is 3.89. The molecule has 0 saturated heterocycles. The van der Waals surface area contributed by atoms with Crippen molar-refractivity contribution in [2.45, 2.75) is 38.2 Å². The van der Waals surface area contributed by atoms with Gasteiger partial charge in [-0.25, -0.2) is 4.79 Å². The first-order valence-corrected chi connectivity index (χ1v) is 9.05. The summed E-state index contributed by atoms with van der Waals surface area (Å²) in [5, 5.41) is 0. The van der Waals surface area contributed by atoms with Crippen molar-refractivity contribution >= 4 is 17.4 Å². The number of anilines is 1. The Bertz CT molecular complexity index is 795. The number of rotatable bonds is 4. The lowest BCUT2D eigenvalue weighted by atomic mass is 9.80. The van der Waals surface area contributed by atoms with Crippen LogP contribution in [0.1, 0.15) is 46.7 Å². The van der Waals surface area contributed by atoms with Gasteiger partial charge >= 0.3 is 5.97 Å². The molecule has 4 nitrogen and oxygen atoms in total. The Labute approximate surface area is 154 Å². The average Bonchev–Trinajstić information content (AvgIpc) is 2.64. The molecule has 1 aliphatic rings. The van der Waals surface area contributed by atoms with Crippen molar-refractivity contribution in [1.29, 1.82) is 0 Å². The van der Waals surface area contributed by atoms with Crippen molar-refractivity contribution in [2.75, 3.05) is 19.0 Å². The molecule has 136 valence electrons. The highest BCUT2D eigenvalue weighted by atomic mass is 16.5. The number of esters is 1. The summed E-state index contributed by atoms with van der Waals surface area (Å²) in [4.78, 5) is 27.3. The quantitative estimate of drug-likeness (QED) is 0.777. The highest BCUT2D eigenvalue weighted by Crippen LogP contribution is 2.33. The normalized spacial score (nSPS) is 19.9. The SMILES string of the molecule is Cc1ccccc1C1CCC[C@@H](OC(=O)c2ccc(N(C)C)cc2)C1=O. The predicted molar refractivity (Wildman–Crippen MR) is 103 cm³/mol. The third kappa shape index (κ3) is 3.79. The Balaban J connectivity index is 1.72. The van der Waals surface area contributed by atoms with Gasteiger partial charge in [-0.2, -0.15) is 0 Å². The summed E-state index contributed by atoms with van der Waals surface area (Å²) in [6.45, 7) is 2.02. The Morgan fingerprint density at radius 1 is 1.04 bits per heavy atom. The van der Waals surface area contributed by atoms with Crippen molar-refractivity contribution in [1.82, 2.24) is 0 Å². The lowest BCUT2D eigenvalue weighted by Crippen LogP contribution is -2.35. The van der Waals surface area contributed by atoms with E-state index in [2.05, 4.69) is 0 Å². The van der Waals surface area contributed by atoms with Crippen LogP contribution in [-0.2, 0) is 9.53 Å². The van der Waals surface area contributed by atoms with E-state index in [1.165, 1.54) is 0 Å². The van der Waals surface area contributed by atoms with Crippen LogP contribution in [0.5, 0.6) is 0 Å². The lowest BCUT2D eigenvalue weighted by Gasteiger charge is -2.28. The molecule has 0 N–H and O–H groups in total. The molecule has 1 unspecified atom stereocenters. The van der Waals surface area contributed by atoms with E-state index in [-0.39, 0.29) is 11.7 Å². The van der Waals surface area contributed by atoms with Crippen LogP contribution < -0.4 is 4.90 Å². The van der Waals surface area contributed by atoms with Crippen molar-refractivity contribution in [3.63, 3.8) is 0 Å². The van der Waals surface area contributed by atoms with Gasteiger partial charge in [0.1, 0.15) is 0 Å². The van der Waals surface area contributed by atoms with Crippen molar-refractivity contribution < 1.29 is 14.3 Å². The first-order valence-electron chi connectivity index (χ1n) is 9.05. The van der Waals surface area contributed by atoms with Gasteiger partial charge in [0.2, 0.25) is 0 Å². The maximum atomic E-state index is 12.9. The first-order chi connectivity index (χ1) is 12.5. The highest BCUT2D eigenvalue weighted by molar-refractivity contribution is 5.95. The number of ketones is 1. The molecule has 0 radical (unpaired) electrons. The van der Waals surface area contributed by atoms with E-state index < -0.39 is 12.1 Å². The summed E-state index contributed by atoms with van der Waals surface area (Å²) in [5.74, 6) is -0.596. The molecule has 0 aromatic heterocycles. The molecule has 1 fully saturated rings. The number of carbonyl (C=O) groups excluding carboxylic acids is 2. The van der Waals surface area contributed by atoms with Gasteiger partial charge in [-0.15, -0.1) is 0 Å². The molecule has 4 heteroatoms. The van der Waals surface area contributed by atoms with Crippen LogP contribution in [0.3, 0.4) is 0 Å². The molecule has 2 aromatic carbocycles. The van der Waals surface area contributed by atoms with E-state index in [9.17, 15) is 9.59 Å². The Hall–Kier alpha value is -2.62. The second kappa shape index (κ2) is 7.73. The predicted octanol–water partition coefficient (Wildman–Crippen LogP) is 4.12. The minimum absolute atomic E-state index is 0.0174. The summed E-state index contributed by atoms with van der Waals surface area (Å²) in [6, 6.07) is 15.2. The van der Waals surface area contributed by atoms with Crippen LogP contribution in [0.4, 0.5) is 5.69 Å². The molecule has 2 aromatic rings. The average molecular weight is 351 g/mol. The first kappa shape index (κ1) is 18.2. The van der Waals surface area contributed by atoms with Gasteiger partial charge in [0.15, 0.2) is 11.9 Å². The van der Waals surface area contributed by atoms with Gasteiger partial charge in [0.25, 0.3) is 0 Å². The number of carbonyl (C=O) groups is 2. The molecule has 0 amide bonds. The largest absolute Gasteiger partial charge is 0.451 e. The smallest absolute Gasteiger partial charge is 0.338 e. The van der Waals surface area contributed by atoms with Crippen LogP contribution >= 0.6 is 0 Å². The third-order valence-corrected chi connectivity index (χ3v) is 5.05. The molecule has 26 heavy (non-hydrogen) atoms. The van der Waals surface area contributed by atoms with Gasteiger partial charge in [-0.3, -0.25) is 4.79 Å². The minimum atomic E-state index is -0.658. The molecule has 2 atom stereocenters. The number of nitrogens with zero attached hydrogens (tertiary/aromatic N) is 1. The van der Waals surface area contributed by atoms with Crippen molar-refractivity contribution in [3.05, 3.63) is 65.2 Å². The van der Waals surface area contributed by atoms with E-state index in [0.717, 1.165) is 29.7 Å². The summed E-state index contributed by atoms with van der Waals surface area (Å²) >= 11 is 0. The van der Waals surface area contributed by atoms with Gasteiger partial charge in [-0.1, -0.05) is 24.3 Å². The molecular formula is C22H25NO3. The van der Waals surface area contributed by atoms with Crippen molar-refractivity contribution in [2.24, 2.45) is 0 Å². The number of hydrogen-bond acceptors (Lipinski definition) is 4. The zero-order valence-electron chi connectivity index (χ0n) is 15.6. The summed E-state index contributed by atoms with van der Waals surface area (Å²) < 4.78 is 5.58. The maximum Gasteiger partial charge on any atom is 0.338 e. The van der Waals surface area contributed by atoms with Crippen LogP contribution in [0.15, 0.2) is 48.5 Å². The Kier molecular flexibility index (Phi) is 5.40. The summed E-state index contributed by atoms with van der Waals surface area (Å²) in [6.07, 6.45) is 1.63. The zero-order chi connectivity index (χ0) is 18.7. The second-order valence-electron chi connectivity index (χ2n) is 7.08. The molecule has 0 bridgehead atoms. The van der Waals surface area contributed by atoms with Gasteiger partial charge in [0, 0.05) is 25.7 Å². The van der Waals surface area contributed by atoms with Gasteiger partial charge < -0.3 is 9.64 Å². The lowest BCUT2D eigenvalue weighted by molar-refractivity contribution is -0.131. The molecular weight excluding hydrogens is 326 g/mol. The standard InChI is InChI=1S/C22H25NO3/c1-15-7-4-5-8-18(15)19-9-6-10-20(21(19)24)26-22(25)16-11-13-17(14-12-16)23(2)3/h4-5,7-8,11-14,19-20H,6,9-10H2,1-3H3/t19?,20-/m1/s1. The number of Topliss-reactive ketones (excluding diaryl/α,β-unsaturated/α-hetero) is 1. The maximum absolute atomic E-state index is 12.9. The number of hydrogen-bond donors (Lipinski definition) is 0. The third-order valence-electron chi connectivity index (χ3n) is 5.05. The Morgan fingerprint density at radius 2 is 1.73 bits per heavy atom. The fourth-order valence-corrected chi connectivity index (χ4v) is 3.51. The van der Waals surface area contributed by atoms with Crippen LogP contribution in [0, 0.1) is 6.92 Å². The fraction of sp³-hybridized carbons (Fsp3) is 0.364. The van der Waals surface area contributed by atoms with E-state index in [1.54, 1.807) is 12.1 Å². The number of benzene rings is 2. The molecule has 1 saturated carbocycles. The van der Waals surface area contributed by atoms with E-state index >= 15 is 0 Å². The zero-order valence-corrected chi connectivity index (χ0v) is 15.6. The molecule has 1 aliphatic carbocycles. The fourth-order valence-electron chi connectivity index (χ4n) is 3.51. The van der Waals surface area contributed by atoms with Crippen LogP contribution in [-0.4, -0.2) is 32.0 Å². The van der Waals surface area contributed by atoms with Crippen molar-refractivity contribution in [3.8, 4) is 0 Å². The Morgan fingerprint density at radius 3 is 2.38 bits per heavy atom. The molecule has 0 aliphatic heterocycles. The molecule has 0 heterocycles. The summed E-state index contributed by atoms with van der Waals surface area (Å²) in [5.41, 5.74) is 3.64. The monoisotopic (exact) mass is 351 g/mol. The molecule has 3 rings (SSSR count). The van der Waals surface area contributed by atoms with E-state index in [0.29, 0.717) is 12.0 Å². The molecule has 0 spiro atoms. The minimum Gasteiger partial charge on any atom is -0.451 e. The topological polar surface area (TPSA) is 46.6 Å². The number of aryl methyl sites for hydroxylation is 1. The van der Waals surface area contributed by atoms with Crippen LogP contribution in [0.25, 0.3) is 0 Å². The second-order valence-corrected chi connectivity index (χ2v) is 7.08. The number of ether oxygens (including phenoxy) is 1. The van der Waals surface area contributed by atoms with E-state index in [4.69, 9.17) is 4.74 Å². The highest BCUT2D eigenvalue weighted by Gasteiger charge is 2.35. The van der Waals surface area contributed by atoms with Gasteiger partial charge in [0.05, 0.1) is 5.56 Å². The van der Waals surface area contributed by atoms with Crippen LogP contribution in [0.2, 0.25) is 0 Å². The van der Waals surface area contributed by atoms with Gasteiger partial charge in [-0.05, 0) is 61.6 Å². The van der Waals surface area contributed by atoms with E-state index in [1.807, 2.05) is 62.3 Å².